The van der Waals surface area contributed by atoms with E-state index in [1.54, 1.807) is 0 Å². The summed E-state index contributed by atoms with van der Waals surface area (Å²) < 4.78 is 0. The maximum absolute atomic E-state index is 2.24. The van der Waals surface area contributed by atoms with Gasteiger partial charge in [-0.1, -0.05) is 45.0 Å². The maximum atomic E-state index is 2.24. The molecule has 1 aromatic carbocycles. The summed E-state index contributed by atoms with van der Waals surface area (Å²) in [6.45, 7) is 7.81. The number of rotatable bonds is 2. The van der Waals surface area contributed by atoms with Crippen LogP contribution in [-0.2, 0) is 12.0 Å². The van der Waals surface area contributed by atoms with Crippen LogP contribution in [0.4, 0.5) is 0 Å². The van der Waals surface area contributed by atoms with Gasteiger partial charge in [0.05, 0.1) is 7.05 Å². The van der Waals surface area contributed by atoms with Gasteiger partial charge in [-0.05, 0) is 11.0 Å². The van der Waals surface area contributed by atoms with Crippen LogP contribution in [0.1, 0.15) is 31.9 Å². The molecule has 0 aliphatic rings. The lowest BCUT2D eigenvalue weighted by molar-refractivity contribution is -0.643. The van der Waals surface area contributed by atoms with Crippen molar-refractivity contribution in [3.05, 3.63) is 35.4 Å². The van der Waals surface area contributed by atoms with Gasteiger partial charge in [0.2, 0.25) is 0 Å². The molecule has 0 heterocycles. The van der Waals surface area contributed by atoms with Gasteiger partial charge in [0, 0.05) is 5.56 Å². The average molecular weight is 178 g/mol. The molecule has 0 fully saturated rings. The van der Waals surface area contributed by atoms with E-state index in [9.17, 15) is 0 Å². The smallest absolute Gasteiger partial charge is 0.101 e. The molecule has 0 atom stereocenters. The van der Waals surface area contributed by atoms with E-state index in [0.29, 0.717) is 0 Å². The minimum absolute atomic E-state index is 0.272. The predicted octanol–water partition coefficient (Wildman–Crippen LogP) is 1.68. The fourth-order valence-electron chi connectivity index (χ4n) is 1.38. The third-order valence-corrected chi connectivity index (χ3v) is 2.26. The van der Waals surface area contributed by atoms with Crippen LogP contribution in [0, 0.1) is 0 Å². The minimum atomic E-state index is 0.272. The Labute approximate surface area is 81.2 Å². The molecule has 1 heteroatoms. The first-order valence-corrected chi connectivity index (χ1v) is 4.91. The van der Waals surface area contributed by atoms with E-state index in [4.69, 9.17) is 0 Å². The Balaban J connectivity index is 2.81. The van der Waals surface area contributed by atoms with Gasteiger partial charge in [0.1, 0.15) is 6.54 Å². The molecule has 0 unspecified atom stereocenters. The number of hydrogen-bond acceptors (Lipinski definition) is 0. The van der Waals surface area contributed by atoms with Crippen LogP contribution in [0.3, 0.4) is 0 Å². The summed E-state index contributed by atoms with van der Waals surface area (Å²) >= 11 is 0. The molecule has 0 radical (unpaired) electrons. The van der Waals surface area contributed by atoms with Crippen LogP contribution in [0.15, 0.2) is 24.3 Å². The summed E-state index contributed by atoms with van der Waals surface area (Å²) in [5.74, 6) is 0. The molecule has 13 heavy (non-hydrogen) atoms. The van der Waals surface area contributed by atoms with Crippen molar-refractivity contribution in [2.24, 2.45) is 0 Å². The number of benzene rings is 1. The Bertz CT molecular complexity index is 253. The van der Waals surface area contributed by atoms with Crippen molar-refractivity contribution < 1.29 is 5.32 Å². The molecule has 0 spiro atoms. The van der Waals surface area contributed by atoms with Crippen molar-refractivity contribution in [1.82, 2.24) is 0 Å². The van der Waals surface area contributed by atoms with Crippen molar-refractivity contribution in [3.8, 4) is 0 Å². The molecule has 0 saturated carbocycles. The van der Waals surface area contributed by atoms with Crippen molar-refractivity contribution in [2.75, 3.05) is 7.05 Å². The largest absolute Gasteiger partial charge is 0.345 e. The zero-order valence-corrected chi connectivity index (χ0v) is 9.09. The standard InChI is InChI=1S/C12H19N/c1-12(2,3)11-7-5-10(6-8-11)9-13-4/h5-8,13H,9H2,1-4H3/p+1. The Morgan fingerprint density at radius 1 is 1.08 bits per heavy atom. The first-order chi connectivity index (χ1) is 6.04. The Kier molecular flexibility index (Phi) is 3.10. The van der Waals surface area contributed by atoms with E-state index in [2.05, 4.69) is 57.4 Å². The molecule has 1 aromatic rings. The van der Waals surface area contributed by atoms with Crippen LogP contribution in [0.2, 0.25) is 0 Å². The molecule has 1 rings (SSSR count). The van der Waals surface area contributed by atoms with Gasteiger partial charge in [-0.25, -0.2) is 0 Å². The van der Waals surface area contributed by atoms with Crippen LogP contribution in [0.5, 0.6) is 0 Å². The van der Waals surface area contributed by atoms with Crippen LogP contribution >= 0.6 is 0 Å². The minimum Gasteiger partial charge on any atom is -0.345 e. The second kappa shape index (κ2) is 3.93. The first-order valence-electron chi connectivity index (χ1n) is 4.91. The summed E-state index contributed by atoms with van der Waals surface area (Å²) in [5.41, 5.74) is 3.08. The van der Waals surface area contributed by atoms with Crippen LogP contribution in [-0.4, -0.2) is 7.05 Å². The van der Waals surface area contributed by atoms with E-state index in [1.807, 2.05) is 0 Å². The fourth-order valence-corrected chi connectivity index (χ4v) is 1.38. The monoisotopic (exact) mass is 178 g/mol. The summed E-state index contributed by atoms with van der Waals surface area (Å²) in [7, 11) is 2.09. The quantitative estimate of drug-likeness (QED) is 0.709. The zero-order valence-electron chi connectivity index (χ0n) is 9.09. The molecule has 0 saturated heterocycles. The molecular formula is C12H20N+. The lowest BCUT2D eigenvalue weighted by atomic mass is 9.87. The normalized spacial score (nSPS) is 11.7. The highest BCUT2D eigenvalue weighted by Crippen LogP contribution is 2.21. The third kappa shape index (κ3) is 2.85. The zero-order chi connectivity index (χ0) is 9.90. The van der Waals surface area contributed by atoms with Gasteiger partial charge in [-0.2, -0.15) is 0 Å². The fraction of sp³-hybridized carbons (Fsp3) is 0.500. The predicted molar refractivity (Wildman–Crippen MR) is 56.7 cm³/mol. The molecule has 0 aliphatic carbocycles. The molecule has 1 nitrogen and oxygen atoms in total. The van der Waals surface area contributed by atoms with Gasteiger partial charge in [0.25, 0.3) is 0 Å². The van der Waals surface area contributed by atoms with Gasteiger partial charge >= 0.3 is 0 Å². The lowest BCUT2D eigenvalue weighted by Gasteiger charge is -2.18. The third-order valence-electron chi connectivity index (χ3n) is 2.26. The molecular weight excluding hydrogens is 158 g/mol. The molecule has 0 aliphatic heterocycles. The van der Waals surface area contributed by atoms with Gasteiger partial charge in [0.15, 0.2) is 0 Å². The molecule has 0 aromatic heterocycles. The topological polar surface area (TPSA) is 16.6 Å². The summed E-state index contributed by atoms with van der Waals surface area (Å²) in [5, 5.41) is 2.19. The molecule has 0 bridgehead atoms. The number of quaternary nitrogens is 1. The molecule has 72 valence electrons. The number of nitrogens with two attached hydrogens (primary N) is 1. The van der Waals surface area contributed by atoms with E-state index in [1.165, 1.54) is 11.1 Å². The summed E-state index contributed by atoms with van der Waals surface area (Å²) in [6.07, 6.45) is 0. The van der Waals surface area contributed by atoms with E-state index < -0.39 is 0 Å². The van der Waals surface area contributed by atoms with Crippen LogP contribution < -0.4 is 5.32 Å². The number of hydrogen-bond donors (Lipinski definition) is 1. The highest BCUT2D eigenvalue weighted by Gasteiger charge is 2.12. The highest BCUT2D eigenvalue weighted by atomic mass is 14.8. The van der Waals surface area contributed by atoms with Gasteiger partial charge < -0.3 is 5.32 Å². The maximum Gasteiger partial charge on any atom is 0.101 e. The average Bonchev–Trinajstić information content (AvgIpc) is 2.04. The Morgan fingerprint density at radius 2 is 1.62 bits per heavy atom. The van der Waals surface area contributed by atoms with E-state index in [0.717, 1.165) is 6.54 Å². The summed E-state index contributed by atoms with van der Waals surface area (Å²) in [4.78, 5) is 0. The van der Waals surface area contributed by atoms with Crippen molar-refractivity contribution in [1.29, 1.82) is 0 Å². The van der Waals surface area contributed by atoms with Crippen molar-refractivity contribution in [3.63, 3.8) is 0 Å². The Hall–Kier alpha value is -0.820. The van der Waals surface area contributed by atoms with Gasteiger partial charge in [-0.15, -0.1) is 0 Å². The second-order valence-electron chi connectivity index (χ2n) is 4.56. The lowest BCUT2D eigenvalue weighted by Crippen LogP contribution is -2.77. The van der Waals surface area contributed by atoms with E-state index >= 15 is 0 Å². The van der Waals surface area contributed by atoms with Crippen molar-refractivity contribution >= 4 is 0 Å². The molecule has 0 amide bonds. The Morgan fingerprint density at radius 3 is 2.00 bits per heavy atom. The second-order valence-corrected chi connectivity index (χ2v) is 4.56. The van der Waals surface area contributed by atoms with Crippen molar-refractivity contribution in [2.45, 2.75) is 32.7 Å². The summed E-state index contributed by atoms with van der Waals surface area (Å²) in [6, 6.07) is 8.92. The first kappa shape index (κ1) is 10.3. The SMILES string of the molecule is C[NH2+]Cc1ccc(C(C)(C)C)cc1. The van der Waals surface area contributed by atoms with Crippen LogP contribution in [0.25, 0.3) is 0 Å². The molecule has 2 N–H and O–H groups in total. The van der Waals surface area contributed by atoms with Gasteiger partial charge in [-0.3, -0.25) is 0 Å². The highest BCUT2D eigenvalue weighted by molar-refractivity contribution is 5.26. The van der Waals surface area contributed by atoms with E-state index in [-0.39, 0.29) is 5.41 Å².